The first-order valence-electron chi connectivity index (χ1n) is 9.54. The summed E-state index contributed by atoms with van der Waals surface area (Å²) in [5, 5.41) is 9.86. The average molecular weight is 396 g/mol. The van der Waals surface area contributed by atoms with Crippen molar-refractivity contribution in [1.29, 1.82) is 5.26 Å². The van der Waals surface area contributed by atoms with E-state index in [4.69, 9.17) is 4.98 Å². The van der Waals surface area contributed by atoms with E-state index in [1.807, 2.05) is 23.1 Å². The molecule has 6 nitrogen and oxygen atoms in total. The fourth-order valence-corrected chi connectivity index (χ4v) is 4.63. The van der Waals surface area contributed by atoms with Crippen LogP contribution in [-0.4, -0.2) is 46.4 Å². The van der Waals surface area contributed by atoms with E-state index in [1.54, 1.807) is 6.92 Å². The highest BCUT2D eigenvalue weighted by molar-refractivity contribution is 5.87. The third-order valence-corrected chi connectivity index (χ3v) is 5.92. The maximum Gasteiger partial charge on any atom is 0.219 e. The number of para-hydroxylation sites is 2. The van der Waals surface area contributed by atoms with Crippen LogP contribution in [0, 0.1) is 11.3 Å². The van der Waals surface area contributed by atoms with Crippen LogP contribution in [0.3, 0.4) is 0 Å². The van der Waals surface area contributed by atoms with E-state index in [0.29, 0.717) is 0 Å². The first kappa shape index (κ1) is 18.6. The zero-order valence-electron chi connectivity index (χ0n) is 15.8. The highest BCUT2D eigenvalue weighted by Crippen LogP contribution is 2.38. The molecule has 28 heavy (non-hydrogen) atoms. The molecular formula is C21H22ClN5O. The van der Waals surface area contributed by atoms with Crippen molar-refractivity contribution in [3.8, 4) is 6.07 Å². The van der Waals surface area contributed by atoms with E-state index in [2.05, 4.69) is 21.4 Å². The fourth-order valence-electron chi connectivity index (χ4n) is 4.63. The summed E-state index contributed by atoms with van der Waals surface area (Å²) in [6, 6.07) is 10.5. The molecule has 3 heterocycles. The average Bonchev–Trinajstić information content (AvgIpc) is 3.31. The highest BCUT2D eigenvalue weighted by Gasteiger charge is 2.30. The summed E-state index contributed by atoms with van der Waals surface area (Å²) in [6.07, 6.45) is 3.02. The number of aromatic nitrogens is 2. The van der Waals surface area contributed by atoms with Gasteiger partial charge in [-0.25, -0.2) is 4.98 Å². The Labute approximate surface area is 169 Å². The molecule has 1 saturated heterocycles. The standard InChI is InChI=1S/C21H21N5O.ClH/c1-14(27)24-9-11-25(12-10-24)21-16-6-4-5-15(16)17(13-22)20-23-18-7-2-3-8-19(18)26(20)21;/h2-3,7-8H,4-6,9-12H2,1H3;1H. The van der Waals surface area contributed by atoms with E-state index in [1.165, 1.54) is 16.9 Å². The van der Waals surface area contributed by atoms with Gasteiger partial charge in [-0.1, -0.05) is 12.1 Å². The normalized spacial score (nSPS) is 16.1. The monoisotopic (exact) mass is 395 g/mol. The lowest BCUT2D eigenvalue weighted by atomic mass is 10.0. The van der Waals surface area contributed by atoms with E-state index >= 15 is 0 Å². The van der Waals surface area contributed by atoms with Crippen LogP contribution in [0.4, 0.5) is 5.82 Å². The molecule has 1 fully saturated rings. The lowest BCUT2D eigenvalue weighted by molar-refractivity contribution is -0.129. The molecule has 1 aliphatic carbocycles. The Bertz CT molecular complexity index is 1120. The van der Waals surface area contributed by atoms with Crippen molar-refractivity contribution in [2.75, 3.05) is 31.1 Å². The Balaban J connectivity index is 0.00000192. The van der Waals surface area contributed by atoms with E-state index < -0.39 is 0 Å². The molecule has 1 aromatic carbocycles. The molecule has 2 aromatic heterocycles. The molecule has 1 amide bonds. The molecule has 0 N–H and O–H groups in total. The van der Waals surface area contributed by atoms with Crippen LogP contribution in [0.15, 0.2) is 24.3 Å². The summed E-state index contributed by atoms with van der Waals surface area (Å²) in [5.41, 5.74) is 5.92. The number of rotatable bonds is 1. The smallest absolute Gasteiger partial charge is 0.219 e. The summed E-state index contributed by atoms with van der Waals surface area (Å²) in [6.45, 7) is 4.71. The van der Waals surface area contributed by atoms with Crippen molar-refractivity contribution >= 4 is 40.8 Å². The predicted molar refractivity (Wildman–Crippen MR) is 111 cm³/mol. The number of nitriles is 1. The van der Waals surface area contributed by atoms with Crippen LogP contribution >= 0.6 is 12.4 Å². The number of fused-ring (bicyclic) bond motifs is 4. The molecule has 0 unspecified atom stereocenters. The summed E-state index contributed by atoms with van der Waals surface area (Å²) >= 11 is 0. The third-order valence-electron chi connectivity index (χ3n) is 5.92. The Morgan fingerprint density at radius 1 is 1.11 bits per heavy atom. The van der Waals surface area contributed by atoms with Gasteiger partial charge in [0.25, 0.3) is 0 Å². The minimum absolute atomic E-state index is 0. The SMILES string of the molecule is CC(=O)N1CCN(c2c3c(c(C#N)c4nc5ccccc5n24)CCC3)CC1.Cl. The van der Waals surface area contributed by atoms with Gasteiger partial charge in [0.1, 0.15) is 11.9 Å². The number of hydrogen-bond acceptors (Lipinski definition) is 4. The Kier molecular flexibility index (Phi) is 4.64. The number of hydrogen-bond donors (Lipinski definition) is 0. The van der Waals surface area contributed by atoms with Crippen LogP contribution < -0.4 is 4.90 Å². The van der Waals surface area contributed by atoms with Gasteiger partial charge < -0.3 is 9.80 Å². The largest absolute Gasteiger partial charge is 0.354 e. The molecule has 144 valence electrons. The van der Waals surface area contributed by atoms with E-state index in [-0.39, 0.29) is 18.3 Å². The molecule has 0 spiro atoms. The minimum atomic E-state index is 0. The Hall–Kier alpha value is -2.78. The van der Waals surface area contributed by atoms with Crippen LogP contribution in [0.25, 0.3) is 16.7 Å². The van der Waals surface area contributed by atoms with Gasteiger partial charge in [-0.05, 0) is 42.5 Å². The number of carbonyl (C=O) groups excluding carboxylic acids is 1. The van der Waals surface area contributed by atoms with Gasteiger partial charge in [-0.2, -0.15) is 5.26 Å². The van der Waals surface area contributed by atoms with E-state index in [9.17, 15) is 10.1 Å². The first-order chi connectivity index (χ1) is 13.2. The predicted octanol–water partition coefficient (Wildman–Crippen LogP) is 2.94. The maximum absolute atomic E-state index is 11.7. The van der Waals surface area contributed by atoms with Gasteiger partial charge in [0, 0.05) is 33.1 Å². The maximum atomic E-state index is 11.7. The van der Waals surface area contributed by atoms with Crippen molar-refractivity contribution in [2.24, 2.45) is 0 Å². The van der Waals surface area contributed by atoms with Crippen molar-refractivity contribution in [2.45, 2.75) is 26.2 Å². The van der Waals surface area contributed by atoms with Crippen LogP contribution in [-0.2, 0) is 17.6 Å². The fraction of sp³-hybridized carbons (Fsp3) is 0.381. The number of anilines is 1. The lowest BCUT2D eigenvalue weighted by Gasteiger charge is -2.37. The highest BCUT2D eigenvalue weighted by atomic mass is 35.5. The summed E-state index contributed by atoms with van der Waals surface area (Å²) < 4.78 is 2.18. The number of amides is 1. The molecule has 0 atom stereocenters. The third kappa shape index (κ3) is 2.61. The number of nitrogens with zero attached hydrogens (tertiary/aromatic N) is 5. The molecule has 3 aromatic rings. The number of carbonyl (C=O) groups is 1. The van der Waals surface area contributed by atoms with Crippen LogP contribution in [0.5, 0.6) is 0 Å². The number of benzene rings is 1. The number of pyridine rings is 1. The van der Waals surface area contributed by atoms with Crippen molar-refractivity contribution in [3.05, 3.63) is 41.0 Å². The molecule has 5 rings (SSSR count). The summed E-state index contributed by atoms with van der Waals surface area (Å²) in [4.78, 5) is 20.8. The first-order valence-corrected chi connectivity index (χ1v) is 9.54. The number of imidazole rings is 1. The molecule has 0 bridgehead atoms. The van der Waals surface area contributed by atoms with Crippen molar-refractivity contribution in [1.82, 2.24) is 14.3 Å². The van der Waals surface area contributed by atoms with Gasteiger partial charge >= 0.3 is 0 Å². The molecule has 2 aliphatic rings. The second-order valence-electron chi connectivity index (χ2n) is 7.37. The van der Waals surface area contributed by atoms with Gasteiger partial charge in [0.05, 0.1) is 16.6 Å². The zero-order valence-corrected chi connectivity index (χ0v) is 16.6. The minimum Gasteiger partial charge on any atom is -0.354 e. The molecule has 7 heteroatoms. The van der Waals surface area contributed by atoms with Crippen LogP contribution in [0.1, 0.15) is 30.0 Å². The Morgan fingerprint density at radius 3 is 2.54 bits per heavy atom. The van der Waals surface area contributed by atoms with Crippen molar-refractivity contribution < 1.29 is 4.79 Å². The number of piperazine rings is 1. The molecule has 1 aliphatic heterocycles. The lowest BCUT2D eigenvalue weighted by Crippen LogP contribution is -2.48. The topological polar surface area (TPSA) is 64.6 Å². The van der Waals surface area contributed by atoms with Gasteiger partial charge in [0.15, 0.2) is 5.65 Å². The van der Waals surface area contributed by atoms with Crippen LogP contribution in [0.2, 0.25) is 0 Å². The zero-order chi connectivity index (χ0) is 18.5. The van der Waals surface area contributed by atoms with E-state index in [0.717, 1.165) is 67.7 Å². The van der Waals surface area contributed by atoms with Gasteiger partial charge in [-0.15, -0.1) is 12.4 Å². The quantitative estimate of drug-likeness (QED) is 0.635. The number of halogens is 1. The molecule has 0 saturated carbocycles. The van der Waals surface area contributed by atoms with Gasteiger partial charge in [0.2, 0.25) is 5.91 Å². The molecule has 0 radical (unpaired) electrons. The molecular weight excluding hydrogens is 374 g/mol. The second kappa shape index (κ2) is 6.99. The summed E-state index contributed by atoms with van der Waals surface area (Å²) in [5.74, 6) is 1.31. The Morgan fingerprint density at radius 2 is 1.82 bits per heavy atom. The second-order valence-corrected chi connectivity index (χ2v) is 7.37. The summed E-state index contributed by atoms with van der Waals surface area (Å²) in [7, 11) is 0. The van der Waals surface area contributed by atoms with Gasteiger partial charge in [-0.3, -0.25) is 9.20 Å². The van der Waals surface area contributed by atoms with Crippen molar-refractivity contribution in [3.63, 3.8) is 0 Å².